The van der Waals surface area contributed by atoms with Crippen LogP contribution in [0.3, 0.4) is 0 Å². The smallest absolute Gasteiger partial charge is 0.130 e. The van der Waals surface area contributed by atoms with Crippen LogP contribution < -0.4 is 4.74 Å². The van der Waals surface area contributed by atoms with Crippen LogP contribution in [0.2, 0.25) is 0 Å². The molecule has 3 heterocycles. The number of nitrogens with one attached hydrogen (secondary N) is 1. The minimum absolute atomic E-state index is 0.267. The first-order chi connectivity index (χ1) is 15.2. The van der Waals surface area contributed by atoms with Gasteiger partial charge in [0.2, 0.25) is 0 Å². The zero-order valence-electron chi connectivity index (χ0n) is 17.6. The molecule has 31 heavy (non-hydrogen) atoms. The fourth-order valence-electron chi connectivity index (χ4n) is 4.37. The molecule has 2 aromatic carbocycles. The second-order valence-corrected chi connectivity index (χ2v) is 8.04. The lowest BCUT2D eigenvalue weighted by atomic mass is 10.1. The topological polar surface area (TPSA) is 59.0 Å². The van der Waals surface area contributed by atoms with Gasteiger partial charge < -0.3 is 9.30 Å². The number of H-pyrrole nitrogens is 1. The first kappa shape index (κ1) is 19.8. The van der Waals surface area contributed by atoms with Crippen LogP contribution in [0.15, 0.2) is 54.6 Å². The molecule has 1 aliphatic heterocycles. The van der Waals surface area contributed by atoms with Gasteiger partial charge in [-0.05, 0) is 62.4 Å². The summed E-state index contributed by atoms with van der Waals surface area (Å²) in [5.41, 5.74) is 4.26. The van der Waals surface area contributed by atoms with E-state index < -0.39 is 0 Å². The third-order valence-corrected chi connectivity index (χ3v) is 5.96. The molecule has 4 aromatic rings. The van der Waals surface area contributed by atoms with Gasteiger partial charge >= 0.3 is 0 Å². The Morgan fingerprint density at radius 2 is 2.00 bits per heavy atom. The van der Waals surface area contributed by atoms with Crippen LogP contribution in [0, 0.1) is 5.82 Å². The van der Waals surface area contributed by atoms with Crippen molar-refractivity contribution in [1.82, 2.24) is 24.6 Å². The van der Waals surface area contributed by atoms with E-state index in [4.69, 9.17) is 9.72 Å². The van der Waals surface area contributed by atoms with E-state index in [0.717, 1.165) is 55.3 Å². The molecule has 0 aliphatic carbocycles. The number of aromatic amines is 1. The Morgan fingerprint density at radius 1 is 1.16 bits per heavy atom. The number of benzene rings is 2. The normalized spacial score (nSPS) is 16.9. The number of imidazole rings is 1. The van der Waals surface area contributed by atoms with Crippen molar-refractivity contribution in [1.29, 1.82) is 0 Å². The highest BCUT2D eigenvalue weighted by atomic mass is 19.1. The van der Waals surface area contributed by atoms with Crippen molar-refractivity contribution in [2.75, 3.05) is 13.1 Å². The van der Waals surface area contributed by atoms with E-state index in [0.29, 0.717) is 18.3 Å². The third-order valence-electron chi connectivity index (χ3n) is 5.96. The van der Waals surface area contributed by atoms with E-state index >= 15 is 0 Å². The maximum atomic E-state index is 13.0. The zero-order chi connectivity index (χ0) is 21.2. The molecular weight excluding hydrogens is 393 g/mol. The second kappa shape index (κ2) is 8.51. The molecule has 2 aromatic heterocycles. The molecule has 160 valence electrons. The van der Waals surface area contributed by atoms with Crippen LogP contribution in [0.25, 0.3) is 11.0 Å². The number of aromatic nitrogens is 4. The van der Waals surface area contributed by atoms with Gasteiger partial charge in [-0.1, -0.05) is 12.1 Å². The molecular formula is C24H26FN5O. The molecule has 0 amide bonds. The summed E-state index contributed by atoms with van der Waals surface area (Å²) in [6, 6.07) is 16.5. The molecule has 1 fully saturated rings. The number of halogens is 1. The van der Waals surface area contributed by atoms with Crippen LogP contribution >= 0.6 is 0 Å². The van der Waals surface area contributed by atoms with Crippen molar-refractivity contribution in [3.63, 3.8) is 0 Å². The highest BCUT2D eigenvalue weighted by molar-refractivity contribution is 5.75. The monoisotopic (exact) mass is 419 g/mol. The minimum atomic E-state index is -0.267. The number of aryl methyl sites for hydroxylation is 1. The van der Waals surface area contributed by atoms with Gasteiger partial charge in [0.1, 0.15) is 24.0 Å². The number of rotatable bonds is 7. The summed E-state index contributed by atoms with van der Waals surface area (Å²) in [5, 5.41) is 7.60. The number of hydrogen-bond donors (Lipinski definition) is 1. The van der Waals surface area contributed by atoms with Gasteiger partial charge in [-0.25, -0.2) is 9.37 Å². The van der Waals surface area contributed by atoms with Crippen LogP contribution in [0.5, 0.6) is 5.75 Å². The maximum absolute atomic E-state index is 13.0. The van der Waals surface area contributed by atoms with Crippen molar-refractivity contribution in [3.8, 4) is 5.75 Å². The van der Waals surface area contributed by atoms with E-state index in [9.17, 15) is 4.39 Å². The Labute approximate surface area is 180 Å². The molecule has 1 saturated heterocycles. The summed E-state index contributed by atoms with van der Waals surface area (Å²) in [4.78, 5) is 7.33. The van der Waals surface area contributed by atoms with Crippen LogP contribution in [0.1, 0.15) is 36.5 Å². The Morgan fingerprint density at radius 3 is 2.84 bits per heavy atom. The molecule has 0 radical (unpaired) electrons. The molecule has 1 aliphatic rings. The summed E-state index contributed by atoms with van der Waals surface area (Å²) in [7, 11) is 0. The molecule has 7 heteroatoms. The minimum Gasteiger partial charge on any atom is -0.487 e. The Bertz CT molecular complexity index is 1170. The van der Waals surface area contributed by atoms with Crippen molar-refractivity contribution >= 4 is 11.0 Å². The van der Waals surface area contributed by atoms with E-state index in [1.165, 1.54) is 17.6 Å². The number of hydrogen-bond acceptors (Lipinski definition) is 4. The van der Waals surface area contributed by atoms with E-state index in [1.807, 2.05) is 6.07 Å². The number of nitrogens with zero attached hydrogens (tertiary/aromatic N) is 4. The average Bonchev–Trinajstić information content (AvgIpc) is 3.51. The van der Waals surface area contributed by atoms with Gasteiger partial charge in [0.25, 0.3) is 0 Å². The van der Waals surface area contributed by atoms with Crippen molar-refractivity contribution in [2.24, 2.45) is 0 Å². The Hall–Kier alpha value is -3.19. The number of fused-ring (bicyclic) bond motifs is 1. The Balaban J connectivity index is 1.21. The Kier molecular flexibility index (Phi) is 5.42. The molecule has 5 rings (SSSR count). The quantitative estimate of drug-likeness (QED) is 0.480. The van der Waals surface area contributed by atoms with E-state index in [2.05, 4.69) is 50.9 Å². The molecule has 0 saturated carbocycles. The standard InChI is InChI=1S/C24H26FN5O/c1-2-30-23-6-4-3-5-21(23)26-24(30)15-29-12-11-17(14-29)22-13-19(27-28-22)16-31-20-9-7-18(25)8-10-20/h3-10,13,17H,2,11-12,14-16H2,1H3,(H,27,28)/t17-/m0/s1. The van der Waals surface area contributed by atoms with Gasteiger partial charge in [-0.15, -0.1) is 0 Å². The van der Waals surface area contributed by atoms with Crippen molar-refractivity contribution in [3.05, 3.63) is 77.6 Å². The lowest BCUT2D eigenvalue weighted by Gasteiger charge is -2.16. The summed E-state index contributed by atoms with van der Waals surface area (Å²) in [5.74, 6) is 1.90. The predicted octanol–water partition coefficient (Wildman–Crippen LogP) is 4.49. The van der Waals surface area contributed by atoms with Crippen molar-refractivity contribution < 1.29 is 9.13 Å². The van der Waals surface area contributed by atoms with Crippen LogP contribution in [0.4, 0.5) is 4.39 Å². The molecule has 0 unspecified atom stereocenters. The summed E-state index contributed by atoms with van der Waals surface area (Å²) in [6.07, 6.45) is 1.08. The maximum Gasteiger partial charge on any atom is 0.130 e. The largest absolute Gasteiger partial charge is 0.487 e. The van der Waals surface area contributed by atoms with E-state index in [-0.39, 0.29) is 5.82 Å². The first-order valence-electron chi connectivity index (χ1n) is 10.8. The molecule has 0 bridgehead atoms. The highest BCUT2D eigenvalue weighted by Crippen LogP contribution is 2.28. The van der Waals surface area contributed by atoms with E-state index in [1.54, 1.807) is 12.1 Å². The second-order valence-electron chi connectivity index (χ2n) is 8.04. The predicted molar refractivity (Wildman–Crippen MR) is 117 cm³/mol. The SMILES string of the molecule is CCn1c(CN2CC[C@H](c3cc(COc4ccc(F)cc4)[nH]n3)C2)nc2ccccc21. The van der Waals surface area contributed by atoms with Gasteiger partial charge in [-0.3, -0.25) is 10.00 Å². The zero-order valence-corrected chi connectivity index (χ0v) is 17.6. The third kappa shape index (κ3) is 4.18. The summed E-state index contributed by atoms with van der Waals surface area (Å²) < 4.78 is 21.0. The number of para-hydroxylation sites is 2. The summed E-state index contributed by atoms with van der Waals surface area (Å²) >= 11 is 0. The first-order valence-corrected chi connectivity index (χ1v) is 10.8. The summed E-state index contributed by atoms with van der Waals surface area (Å²) in [6.45, 7) is 6.33. The fraction of sp³-hybridized carbons (Fsp3) is 0.333. The van der Waals surface area contributed by atoms with Gasteiger partial charge in [0.05, 0.1) is 29.0 Å². The van der Waals surface area contributed by atoms with Crippen LogP contribution in [-0.2, 0) is 19.7 Å². The fourth-order valence-corrected chi connectivity index (χ4v) is 4.37. The molecule has 0 spiro atoms. The average molecular weight is 420 g/mol. The number of likely N-dealkylation sites (tertiary alicyclic amines) is 1. The van der Waals surface area contributed by atoms with Gasteiger partial charge in [0, 0.05) is 19.0 Å². The molecule has 1 N–H and O–H groups in total. The molecule has 6 nitrogen and oxygen atoms in total. The van der Waals surface area contributed by atoms with Gasteiger partial charge in [0.15, 0.2) is 0 Å². The highest BCUT2D eigenvalue weighted by Gasteiger charge is 2.27. The van der Waals surface area contributed by atoms with Gasteiger partial charge in [-0.2, -0.15) is 5.10 Å². The van der Waals surface area contributed by atoms with Crippen LogP contribution in [-0.4, -0.2) is 37.7 Å². The number of ether oxygens (including phenoxy) is 1. The lowest BCUT2D eigenvalue weighted by molar-refractivity contribution is 0.300. The lowest BCUT2D eigenvalue weighted by Crippen LogP contribution is -2.22. The van der Waals surface area contributed by atoms with Crippen molar-refractivity contribution in [2.45, 2.75) is 39.0 Å². The molecule has 1 atom stereocenters.